The highest BCUT2D eigenvalue weighted by Gasteiger charge is 2.10. The van der Waals surface area contributed by atoms with Crippen LogP contribution < -0.4 is 9.47 Å². The van der Waals surface area contributed by atoms with Crippen molar-refractivity contribution in [3.05, 3.63) is 29.3 Å². The van der Waals surface area contributed by atoms with E-state index >= 15 is 0 Å². The number of ketones is 1. The molecule has 0 fully saturated rings. The second kappa shape index (κ2) is 6.14. The predicted octanol–water partition coefficient (Wildman–Crippen LogP) is 3.29. The third-order valence-electron chi connectivity index (χ3n) is 2.34. The van der Waals surface area contributed by atoms with Crippen molar-refractivity contribution < 1.29 is 23.0 Å². The van der Waals surface area contributed by atoms with Gasteiger partial charge in [0.15, 0.2) is 17.3 Å². The molecule has 98 valence electrons. The molecule has 0 atom stereocenters. The fraction of sp³-hybridized carbons (Fsp3) is 0.308. The summed E-state index contributed by atoms with van der Waals surface area (Å²) in [5, 5.41) is 0. The van der Waals surface area contributed by atoms with E-state index in [1.807, 2.05) is 0 Å². The van der Waals surface area contributed by atoms with Crippen LogP contribution in [0.2, 0.25) is 0 Å². The maximum absolute atomic E-state index is 12.1. The average molecular weight is 256 g/mol. The van der Waals surface area contributed by atoms with Crippen molar-refractivity contribution in [2.75, 3.05) is 7.11 Å². The number of benzene rings is 1. The molecule has 0 bridgehead atoms. The Morgan fingerprint density at radius 1 is 1.28 bits per heavy atom. The summed E-state index contributed by atoms with van der Waals surface area (Å²) in [5.41, 5.74) is 1.25. The van der Waals surface area contributed by atoms with Gasteiger partial charge in [-0.3, -0.25) is 4.79 Å². The molecule has 0 aliphatic rings. The highest BCUT2D eigenvalue weighted by molar-refractivity contribution is 5.97. The van der Waals surface area contributed by atoms with E-state index in [0.717, 1.165) is 0 Å². The summed E-state index contributed by atoms with van der Waals surface area (Å²) < 4.78 is 33.5. The molecule has 3 nitrogen and oxygen atoms in total. The standard InChI is InChI=1S/C13H14F2O3/c1-8(9(2)16)6-10-4-5-11(18-13(14)15)12(7-10)17-3/h4-7,13H,1-3H3/b8-6-. The molecule has 0 saturated carbocycles. The molecule has 1 aromatic carbocycles. The quantitative estimate of drug-likeness (QED) is 0.758. The van der Waals surface area contributed by atoms with Crippen LogP contribution in [0.5, 0.6) is 11.5 Å². The van der Waals surface area contributed by atoms with Gasteiger partial charge in [-0.25, -0.2) is 0 Å². The van der Waals surface area contributed by atoms with Crippen LogP contribution in [0.25, 0.3) is 6.08 Å². The monoisotopic (exact) mass is 256 g/mol. The van der Waals surface area contributed by atoms with Crippen LogP contribution in [-0.2, 0) is 4.79 Å². The van der Waals surface area contributed by atoms with Crippen LogP contribution in [0.4, 0.5) is 8.78 Å². The van der Waals surface area contributed by atoms with Crippen LogP contribution in [0.3, 0.4) is 0 Å². The van der Waals surface area contributed by atoms with E-state index in [2.05, 4.69) is 4.74 Å². The smallest absolute Gasteiger partial charge is 0.387 e. The molecule has 0 heterocycles. The fourth-order valence-electron chi connectivity index (χ4n) is 1.32. The SMILES string of the molecule is COc1cc(/C=C(/C)C(C)=O)ccc1OC(F)F. The Labute approximate surface area is 104 Å². The Bertz CT molecular complexity index is 467. The molecule has 0 aliphatic heterocycles. The van der Waals surface area contributed by atoms with Gasteiger partial charge in [0.25, 0.3) is 0 Å². The number of carbonyl (C=O) groups excluding carboxylic acids is 1. The zero-order valence-electron chi connectivity index (χ0n) is 10.4. The summed E-state index contributed by atoms with van der Waals surface area (Å²) in [7, 11) is 1.36. The maximum Gasteiger partial charge on any atom is 0.387 e. The highest BCUT2D eigenvalue weighted by Crippen LogP contribution is 2.30. The van der Waals surface area contributed by atoms with Gasteiger partial charge >= 0.3 is 6.61 Å². The number of rotatable bonds is 5. The minimum Gasteiger partial charge on any atom is -0.493 e. The van der Waals surface area contributed by atoms with Gasteiger partial charge in [0.1, 0.15) is 0 Å². The van der Waals surface area contributed by atoms with Crippen molar-refractivity contribution in [1.82, 2.24) is 0 Å². The van der Waals surface area contributed by atoms with Gasteiger partial charge < -0.3 is 9.47 Å². The number of carbonyl (C=O) groups is 1. The normalized spacial score (nSPS) is 11.6. The molecular weight excluding hydrogens is 242 g/mol. The first-order valence-electron chi connectivity index (χ1n) is 5.26. The van der Waals surface area contributed by atoms with E-state index in [1.165, 1.54) is 26.2 Å². The van der Waals surface area contributed by atoms with Crippen molar-refractivity contribution in [3.8, 4) is 11.5 Å². The largest absolute Gasteiger partial charge is 0.493 e. The van der Waals surface area contributed by atoms with Crippen molar-refractivity contribution in [3.63, 3.8) is 0 Å². The molecular formula is C13H14F2O3. The lowest BCUT2D eigenvalue weighted by molar-refractivity contribution is -0.113. The Kier molecular flexibility index (Phi) is 4.83. The third-order valence-corrected chi connectivity index (χ3v) is 2.34. The highest BCUT2D eigenvalue weighted by atomic mass is 19.3. The van der Waals surface area contributed by atoms with E-state index in [1.54, 1.807) is 19.1 Å². The lowest BCUT2D eigenvalue weighted by Crippen LogP contribution is -2.03. The molecule has 0 N–H and O–H groups in total. The molecule has 1 aromatic rings. The molecule has 5 heteroatoms. The fourth-order valence-corrected chi connectivity index (χ4v) is 1.32. The zero-order valence-corrected chi connectivity index (χ0v) is 10.4. The average Bonchev–Trinajstić information content (AvgIpc) is 2.30. The van der Waals surface area contributed by atoms with Crippen molar-refractivity contribution in [1.29, 1.82) is 0 Å². The number of alkyl halides is 2. The molecule has 1 rings (SSSR count). The van der Waals surface area contributed by atoms with Gasteiger partial charge in [-0.15, -0.1) is 0 Å². The molecule has 0 spiro atoms. The number of halogens is 2. The van der Waals surface area contributed by atoms with E-state index < -0.39 is 6.61 Å². The van der Waals surface area contributed by atoms with Crippen LogP contribution in [0.1, 0.15) is 19.4 Å². The van der Waals surface area contributed by atoms with Crippen LogP contribution >= 0.6 is 0 Å². The van der Waals surface area contributed by atoms with Gasteiger partial charge in [-0.05, 0) is 43.2 Å². The molecule has 0 saturated heterocycles. The Balaban J connectivity index is 3.05. The zero-order chi connectivity index (χ0) is 13.7. The van der Waals surface area contributed by atoms with Gasteiger partial charge in [0, 0.05) is 0 Å². The number of methoxy groups -OCH3 is 1. The molecule has 0 unspecified atom stereocenters. The number of allylic oxidation sites excluding steroid dienone is 1. The summed E-state index contributed by atoms with van der Waals surface area (Å²) >= 11 is 0. The lowest BCUT2D eigenvalue weighted by atomic mass is 10.1. The summed E-state index contributed by atoms with van der Waals surface area (Å²) in [6, 6.07) is 4.49. The Morgan fingerprint density at radius 2 is 1.94 bits per heavy atom. The minimum absolute atomic E-state index is 0.0369. The van der Waals surface area contributed by atoms with Crippen molar-refractivity contribution in [2.24, 2.45) is 0 Å². The van der Waals surface area contributed by atoms with Gasteiger partial charge in [-0.2, -0.15) is 8.78 Å². The second-order valence-corrected chi connectivity index (χ2v) is 3.67. The Hall–Kier alpha value is -1.91. The second-order valence-electron chi connectivity index (χ2n) is 3.67. The van der Waals surface area contributed by atoms with E-state index in [-0.39, 0.29) is 17.3 Å². The third kappa shape index (κ3) is 3.84. The van der Waals surface area contributed by atoms with Crippen molar-refractivity contribution in [2.45, 2.75) is 20.5 Å². The molecule has 0 radical (unpaired) electrons. The lowest BCUT2D eigenvalue weighted by Gasteiger charge is -2.10. The van der Waals surface area contributed by atoms with E-state index in [4.69, 9.17) is 4.74 Å². The number of Topliss-reactive ketones (excluding diaryl/α,β-unsaturated/α-hetero) is 1. The first kappa shape index (κ1) is 14.2. The summed E-state index contributed by atoms with van der Waals surface area (Å²) in [6.07, 6.45) is 1.65. The van der Waals surface area contributed by atoms with Gasteiger partial charge in [0.05, 0.1) is 7.11 Å². The summed E-state index contributed by atoms with van der Waals surface area (Å²) in [4.78, 5) is 11.1. The Morgan fingerprint density at radius 3 is 2.44 bits per heavy atom. The topological polar surface area (TPSA) is 35.5 Å². The van der Waals surface area contributed by atoms with Crippen LogP contribution in [-0.4, -0.2) is 19.5 Å². The number of hydrogen-bond donors (Lipinski definition) is 0. The van der Waals surface area contributed by atoms with E-state index in [0.29, 0.717) is 11.1 Å². The molecule has 18 heavy (non-hydrogen) atoms. The first-order chi connectivity index (χ1) is 8.43. The van der Waals surface area contributed by atoms with Crippen molar-refractivity contribution >= 4 is 11.9 Å². The first-order valence-corrected chi connectivity index (χ1v) is 5.26. The molecule has 0 aromatic heterocycles. The predicted molar refractivity (Wildman–Crippen MR) is 64.0 cm³/mol. The van der Waals surface area contributed by atoms with Crippen LogP contribution in [0, 0.1) is 0 Å². The van der Waals surface area contributed by atoms with Gasteiger partial charge in [0.2, 0.25) is 0 Å². The summed E-state index contributed by atoms with van der Waals surface area (Å²) in [6.45, 7) is 0.231. The number of ether oxygens (including phenoxy) is 2. The van der Waals surface area contributed by atoms with Crippen LogP contribution in [0.15, 0.2) is 23.8 Å². The maximum atomic E-state index is 12.1. The summed E-state index contributed by atoms with van der Waals surface area (Å²) in [5.74, 6) is 0.104. The minimum atomic E-state index is -2.90. The molecule has 0 aliphatic carbocycles. The van der Waals surface area contributed by atoms with E-state index in [9.17, 15) is 13.6 Å². The molecule has 0 amide bonds. The van der Waals surface area contributed by atoms with Gasteiger partial charge in [-0.1, -0.05) is 6.07 Å². The number of hydrogen-bond acceptors (Lipinski definition) is 3.